The molecule has 0 radical (unpaired) electrons. The molecule has 1 aromatic rings. The molecule has 1 N–H and O–H groups in total. The summed E-state index contributed by atoms with van der Waals surface area (Å²) in [6.07, 6.45) is 4.99. The fraction of sp³-hybridized carbons (Fsp3) is 0.562. The van der Waals surface area contributed by atoms with E-state index < -0.39 is 11.8 Å². The Kier molecular flexibility index (Phi) is 5.12. The molecule has 1 atom stereocenters. The first-order chi connectivity index (χ1) is 9.63. The van der Waals surface area contributed by atoms with E-state index in [9.17, 15) is 9.18 Å². The highest BCUT2D eigenvalue weighted by molar-refractivity contribution is 5.89. The van der Waals surface area contributed by atoms with E-state index in [2.05, 4.69) is 17.0 Å². The third kappa shape index (κ3) is 4.04. The standard InChI is InChI=1S/C16H22FNO2/c1-3-13(8-11-4-5-11)18-10-12-6-7-14(15(17)9-12)16(19)20-2/h6-7,9,11,13,18H,3-5,8,10H2,1-2H3. The molecular formula is C16H22FNO2. The predicted molar refractivity (Wildman–Crippen MR) is 76.0 cm³/mol. The fourth-order valence-electron chi connectivity index (χ4n) is 2.36. The zero-order valence-electron chi connectivity index (χ0n) is 12.1. The highest BCUT2D eigenvalue weighted by Gasteiger charge is 2.24. The van der Waals surface area contributed by atoms with E-state index in [1.165, 1.54) is 38.5 Å². The van der Waals surface area contributed by atoms with E-state index in [1.807, 2.05) is 0 Å². The number of halogens is 1. The number of esters is 1. The lowest BCUT2D eigenvalue weighted by atomic mass is 10.1. The van der Waals surface area contributed by atoms with Crippen LogP contribution in [0.4, 0.5) is 4.39 Å². The number of nitrogens with one attached hydrogen (secondary N) is 1. The summed E-state index contributed by atoms with van der Waals surface area (Å²) in [5.74, 6) is -0.278. The fourth-order valence-corrected chi connectivity index (χ4v) is 2.36. The first kappa shape index (κ1) is 15.0. The van der Waals surface area contributed by atoms with Crippen LogP contribution in [0.25, 0.3) is 0 Å². The highest BCUT2D eigenvalue weighted by atomic mass is 19.1. The maximum Gasteiger partial charge on any atom is 0.340 e. The van der Waals surface area contributed by atoms with Crippen molar-refractivity contribution >= 4 is 5.97 Å². The van der Waals surface area contributed by atoms with Crippen molar-refractivity contribution in [1.29, 1.82) is 0 Å². The summed E-state index contributed by atoms with van der Waals surface area (Å²) >= 11 is 0. The van der Waals surface area contributed by atoms with Crippen LogP contribution >= 0.6 is 0 Å². The number of rotatable bonds is 7. The molecule has 1 aliphatic rings. The third-order valence-corrected chi connectivity index (χ3v) is 3.84. The lowest BCUT2D eigenvalue weighted by Crippen LogP contribution is -2.28. The molecule has 1 fully saturated rings. The van der Waals surface area contributed by atoms with Crippen molar-refractivity contribution in [2.45, 2.75) is 45.2 Å². The molecule has 0 saturated heterocycles. The van der Waals surface area contributed by atoms with Gasteiger partial charge in [-0.05, 0) is 36.5 Å². The molecule has 0 heterocycles. The molecule has 1 saturated carbocycles. The number of hydrogen-bond acceptors (Lipinski definition) is 3. The van der Waals surface area contributed by atoms with Crippen molar-refractivity contribution in [2.75, 3.05) is 7.11 Å². The normalized spacial score (nSPS) is 15.9. The van der Waals surface area contributed by atoms with E-state index in [0.717, 1.165) is 17.9 Å². The maximum absolute atomic E-state index is 13.8. The van der Waals surface area contributed by atoms with E-state index in [0.29, 0.717) is 12.6 Å². The van der Waals surface area contributed by atoms with Gasteiger partial charge in [0, 0.05) is 12.6 Å². The zero-order valence-corrected chi connectivity index (χ0v) is 12.1. The Morgan fingerprint density at radius 1 is 1.50 bits per heavy atom. The molecule has 0 bridgehead atoms. The molecular weight excluding hydrogens is 257 g/mol. The maximum atomic E-state index is 13.8. The van der Waals surface area contributed by atoms with Gasteiger partial charge in [-0.1, -0.05) is 25.8 Å². The third-order valence-electron chi connectivity index (χ3n) is 3.84. The quantitative estimate of drug-likeness (QED) is 0.778. The number of methoxy groups -OCH3 is 1. The van der Waals surface area contributed by atoms with Crippen LogP contribution in [-0.2, 0) is 11.3 Å². The molecule has 0 spiro atoms. The van der Waals surface area contributed by atoms with Crippen molar-refractivity contribution < 1.29 is 13.9 Å². The Labute approximate surface area is 119 Å². The molecule has 1 unspecified atom stereocenters. The van der Waals surface area contributed by atoms with E-state index in [-0.39, 0.29) is 5.56 Å². The van der Waals surface area contributed by atoms with Gasteiger partial charge in [0.2, 0.25) is 0 Å². The van der Waals surface area contributed by atoms with Gasteiger partial charge >= 0.3 is 5.97 Å². The van der Waals surface area contributed by atoms with Crippen molar-refractivity contribution in [3.63, 3.8) is 0 Å². The second kappa shape index (κ2) is 6.84. The van der Waals surface area contributed by atoms with Crippen LogP contribution < -0.4 is 5.32 Å². The van der Waals surface area contributed by atoms with Gasteiger partial charge in [-0.2, -0.15) is 0 Å². The van der Waals surface area contributed by atoms with Gasteiger partial charge in [0.25, 0.3) is 0 Å². The summed E-state index contributed by atoms with van der Waals surface area (Å²) in [7, 11) is 1.25. The van der Waals surface area contributed by atoms with Crippen molar-refractivity contribution in [2.24, 2.45) is 5.92 Å². The Balaban J connectivity index is 1.92. The summed E-state index contributed by atoms with van der Waals surface area (Å²) < 4.78 is 18.3. The minimum absolute atomic E-state index is 0.0127. The molecule has 0 aliphatic heterocycles. The van der Waals surface area contributed by atoms with Gasteiger partial charge < -0.3 is 10.1 Å². The molecule has 1 aromatic carbocycles. The molecule has 3 nitrogen and oxygen atoms in total. The number of benzene rings is 1. The van der Waals surface area contributed by atoms with Gasteiger partial charge in [-0.15, -0.1) is 0 Å². The van der Waals surface area contributed by atoms with Crippen LogP contribution in [0.5, 0.6) is 0 Å². The number of carbonyl (C=O) groups excluding carboxylic acids is 1. The summed E-state index contributed by atoms with van der Waals surface area (Å²) in [5, 5.41) is 3.46. The van der Waals surface area contributed by atoms with Gasteiger partial charge in [-0.3, -0.25) is 0 Å². The van der Waals surface area contributed by atoms with E-state index in [1.54, 1.807) is 6.07 Å². The monoisotopic (exact) mass is 279 g/mol. The minimum atomic E-state index is -0.637. The van der Waals surface area contributed by atoms with Crippen LogP contribution in [0, 0.1) is 11.7 Å². The summed E-state index contributed by atoms with van der Waals surface area (Å²) in [4.78, 5) is 11.3. The van der Waals surface area contributed by atoms with Crippen LogP contribution in [0.15, 0.2) is 18.2 Å². The molecule has 4 heteroatoms. The average molecular weight is 279 g/mol. The van der Waals surface area contributed by atoms with E-state index in [4.69, 9.17) is 0 Å². The van der Waals surface area contributed by atoms with Gasteiger partial charge in [0.05, 0.1) is 12.7 Å². The minimum Gasteiger partial charge on any atom is -0.465 e. The van der Waals surface area contributed by atoms with E-state index >= 15 is 0 Å². The van der Waals surface area contributed by atoms with Crippen molar-refractivity contribution in [3.8, 4) is 0 Å². The highest BCUT2D eigenvalue weighted by Crippen LogP contribution is 2.34. The Morgan fingerprint density at radius 3 is 2.80 bits per heavy atom. The number of carbonyl (C=O) groups is 1. The van der Waals surface area contributed by atoms with Crippen LogP contribution in [0.2, 0.25) is 0 Å². The summed E-state index contributed by atoms with van der Waals surface area (Å²) in [6.45, 7) is 2.80. The average Bonchev–Trinajstić information content (AvgIpc) is 3.26. The Hall–Kier alpha value is -1.42. The molecule has 20 heavy (non-hydrogen) atoms. The Morgan fingerprint density at radius 2 is 2.25 bits per heavy atom. The summed E-state index contributed by atoms with van der Waals surface area (Å²) in [6, 6.07) is 5.15. The Bertz CT molecular complexity index is 472. The molecule has 2 rings (SSSR count). The second-order valence-electron chi connectivity index (χ2n) is 5.47. The lowest BCUT2D eigenvalue weighted by Gasteiger charge is -2.16. The van der Waals surface area contributed by atoms with Crippen molar-refractivity contribution in [3.05, 3.63) is 35.1 Å². The first-order valence-corrected chi connectivity index (χ1v) is 7.24. The van der Waals surface area contributed by atoms with Gasteiger partial charge in [0.1, 0.15) is 5.82 Å². The molecule has 0 amide bonds. The molecule has 110 valence electrons. The topological polar surface area (TPSA) is 38.3 Å². The molecule has 0 aromatic heterocycles. The summed E-state index contributed by atoms with van der Waals surface area (Å²) in [5.41, 5.74) is 0.839. The van der Waals surface area contributed by atoms with Crippen LogP contribution in [-0.4, -0.2) is 19.1 Å². The smallest absolute Gasteiger partial charge is 0.340 e. The number of ether oxygens (including phenoxy) is 1. The van der Waals surface area contributed by atoms with Crippen molar-refractivity contribution in [1.82, 2.24) is 5.32 Å². The second-order valence-corrected chi connectivity index (χ2v) is 5.47. The predicted octanol–water partition coefficient (Wildman–Crippen LogP) is 3.28. The lowest BCUT2D eigenvalue weighted by molar-refractivity contribution is 0.0595. The van der Waals surface area contributed by atoms with Gasteiger partial charge in [-0.25, -0.2) is 9.18 Å². The SMILES string of the molecule is CCC(CC1CC1)NCc1ccc(C(=O)OC)c(F)c1. The van der Waals surface area contributed by atoms with Crippen LogP contribution in [0.3, 0.4) is 0 Å². The number of hydrogen-bond donors (Lipinski definition) is 1. The largest absolute Gasteiger partial charge is 0.465 e. The first-order valence-electron chi connectivity index (χ1n) is 7.24. The zero-order chi connectivity index (χ0) is 14.5. The van der Waals surface area contributed by atoms with Crippen LogP contribution in [0.1, 0.15) is 48.5 Å². The van der Waals surface area contributed by atoms with Gasteiger partial charge in [0.15, 0.2) is 0 Å². The molecule has 1 aliphatic carbocycles.